The van der Waals surface area contributed by atoms with Crippen molar-refractivity contribution in [3.8, 4) is 0 Å². The topological polar surface area (TPSA) is 37.8 Å². The fourth-order valence-corrected chi connectivity index (χ4v) is 2.78. The number of nitrogens with one attached hydrogen (secondary N) is 1. The second-order valence-corrected chi connectivity index (χ2v) is 5.69. The highest BCUT2D eigenvalue weighted by Crippen LogP contribution is 2.23. The summed E-state index contributed by atoms with van der Waals surface area (Å²) in [5, 5.41) is 3.41. The first-order valence-corrected chi connectivity index (χ1v) is 7.37. The summed E-state index contributed by atoms with van der Waals surface area (Å²) in [4.78, 5) is 9.62. The molecule has 1 aromatic carbocycles. The molecular formula is C17H21N3. The summed E-state index contributed by atoms with van der Waals surface area (Å²) in [7, 11) is 0. The summed E-state index contributed by atoms with van der Waals surface area (Å²) in [6, 6.07) is 10.4. The van der Waals surface area contributed by atoms with E-state index in [-0.39, 0.29) is 0 Å². The number of hydrogen-bond donors (Lipinski definition) is 1. The van der Waals surface area contributed by atoms with Gasteiger partial charge < -0.3 is 5.32 Å². The molecule has 0 saturated carbocycles. The van der Waals surface area contributed by atoms with Crippen LogP contribution in [0.15, 0.2) is 30.3 Å². The lowest BCUT2D eigenvalue weighted by Gasteiger charge is -2.21. The Morgan fingerprint density at radius 3 is 2.70 bits per heavy atom. The van der Waals surface area contributed by atoms with Gasteiger partial charge in [-0.2, -0.15) is 0 Å². The van der Waals surface area contributed by atoms with Crippen molar-refractivity contribution >= 4 is 0 Å². The van der Waals surface area contributed by atoms with Crippen molar-refractivity contribution in [1.82, 2.24) is 15.3 Å². The fraction of sp³-hybridized carbons (Fsp3) is 0.412. The summed E-state index contributed by atoms with van der Waals surface area (Å²) in [5.41, 5.74) is 5.07. The summed E-state index contributed by atoms with van der Waals surface area (Å²) in [6.07, 6.45) is 1.86. The Morgan fingerprint density at radius 1 is 1.15 bits per heavy atom. The van der Waals surface area contributed by atoms with Gasteiger partial charge in [-0.3, -0.25) is 0 Å². The van der Waals surface area contributed by atoms with E-state index in [1.165, 1.54) is 22.5 Å². The Hall–Kier alpha value is -1.74. The molecule has 0 fully saturated rings. The molecule has 0 bridgehead atoms. The molecule has 3 rings (SSSR count). The van der Waals surface area contributed by atoms with E-state index in [2.05, 4.69) is 43.4 Å². The van der Waals surface area contributed by atoms with E-state index in [1.54, 1.807) is 0 Å². The van der Waals surface area contributed by atoms with Crippen LogP contribution in [0.25, 0.3) is 0 Å². The zero-order chi connectivity index (χ0) is 13.9. The molecule has 3 heteroatoms. The summed E-state index contributed by atoms with van der Waals surface area (Å²) in [5.74, 6) is 1.40. The first-order chi connectivity index (χ1) is 9.74. The average molecular weight is 267 g/mol. The van der Waals surface area contributed by atoms with Crippen LogP contribution in [0.3, 0.4) is 0 Å². The van der Waals surface area contributed by atoms with Gasteiger partial charge in [-0.1, -0.05) is 44.2 Å². The minimum absolute atomic E-state index is 0.458. The maximum Gasteiger partial charge on any atom is 0.133 e. The maximum atomic E-state index is 4.84. The van der Waals surface area contributed by atoms with Crippen LogP contribution in [0.5, 0.6) is 0 Å². The number of aromatic nitrogens is 2. The van der Waals surface area contributed by atoms with Gasteiger partial charge in [0.2, 0.25) is 0 Å². The normalized spacial score (nSPS) is 14.3. The molecule has 0 spiro atoms. The quantitative estimate of drug-likeness (QED) is 0.929. The van der Waals surface area contributed by atoms with Crippen molar-refractivity contribution in [2.75, 3.05) is 6.54 Å². The van der Waals surface area contributed by atoms with Crippen molar-refractivity contribution < 1.29 is 0 Å². The van der Waals surface area contributed by atoms with Crippen LogP contribution in [0.1, 0.15) is 48.1 Å². The van der Waals surface area contributed by atoms with Gasteiger partial charge in [-0.15, -0.1) is 0 Å². The molecule has 1 N–H and O–H groups in total. The third-order valence-electron chi connectivity index (χ3n) is 3.77. The summed E-state index contributed by atoms with van der Waals surface area (Å²) < 4.78 is 0. The molecule has 104 valence electrons. The van der Waals surface area contributed by atoms with Gasteiger partial charge in [0, 0.05) is 13.0 Å². The Bertz CT molecular complexity index is 591. The molecule has 20 heavy (non-hydrogen) atoms. The number of rotatable bonds is 3. The van der Waals surface area contributed by atoms with Gasteiger partial charge in [-0.25, -0.2) is 9.97 Å². The molecule has 2 aromatic rings. The molecule has 1 aliphatic heterocycles. The summed E-state index contributed by atoms with van der Waals surface area (Å²) >= 11 is 0. The molecule has 0 radical (unpaired) electrons. The van der Waals surface area contributed by atoms with Crippen LogP contribution < -0.4 is 5.32 Å². The lowest BCUT2D eigenvalue weighted by Crippen LogP contribution is -2.27. The number of fused-ring (bicyclic) bond motifs is 1. The smallest absolute Gasteiger partial charge is 0.133 e. The molecule has 3 nitrogen and oxygen atoms in total. The van der Waals surface area contributed by atoms with E-state index in [0.717, 1.165) is 31.8 Å². The minimum Gasteiger partial charge on any atom is -0.311 e. The molecule has 0 unspecified atom stereocenters. The zero-order valence-corrected chi connectivity index (χ0v) is 12.2. The third kappa shape index (κ3) is 2.73. The molecule has 0 aliphatic carbocycles. The predicted octanol–water partition coefficient (Wildman–Crippen LogP) is 2.84. The van der Waals surface area contributed by atoms with Crippen molar-refractivity contribution in [2.45, 2.75) is 39.2 Å². The number of hydrogen-bond acceptors (Lipinski definition) is 3. The van der Waals surface area contributed by atoms with E-state index in [0.29, 0.717) is 5.92 Å². The SMILES string of the molecule is CC(C)c1nc(Cc2ccccc2)nc2c1CCNC2. The highest BCUT2D eigenvalue weighted by Gasteiger charge is 2.19. The Morgan fingerprint density at radius 2 is 1.95 bits per heavy atom. The van der Waals surface area contributed by atoms with Crippen molar-refractivity contribution in [2.24, 2.45) is 0 Å². The van der Waals surface area contributed by atoms with Crippen molar-refractivity contribution in [1.29, 1.82) is 0 Å². The lowest BCUT2D eigenvalue weighted by molar-refractivity contribution is 0.601. The van der Waals surface area contributed by atoms with Crippen molar-refractivity contribution in [3.05, 3.63) is 58.7 Å². The van der Waals surface area contributed by atoms with E-state index >= 15 is 0 Å². The first-order valence-electron chi connectivity index (χ1n) is 7.37. The molecule has 2 heterocycles. The maximum absolute atomic E-state index is 4.84. The Kier molecular flexibility index (Phi) is 3.79. The molecule has 0 atom stereocenters. The van der Waals surface area contributed by atoms with E-state index < -0.39 is 0 Å². The average Bonchev–Trinajstić information content (AvgIpc) is 2.47. The highest BCUT2D eigenvalue weighted by atomic mass is 15.0. The molecule has 1 aromatic heterocycles. The second-order valence-electron chi connectivity index (χ2n) is 5.69. The van der Waals surface area contributed by atoms with Crippen molar-refractivity contribution in [3.63, 3.8) is 0 Å². The standard InChI is InChI=1S/C17H21N3/c1-12(2)17-14-8-9-18-11-15(14)19-16(20-17)10-13-6-4-3-5-7-13/h3-7,12,18H,8-11H2,1-2H3. The molecule has 1 aliphatic rings. The highest BCUT2D eigenvalue weighted by molar-refractivity contribution is 5.31. The Labute approximate surface area is 120 Å². The van der Waals surface area contributed by atoms with Crippen LogP contribution in [0.2, 0.25) is 0 Å². The largest absolute Gasteiger partial charge is 0.311 e. The van der Waals surface area contributed by atoms with Gasteiger partial charge in [-0.05, 0) is 30.0 Å². The summed E-state index contributed by atoms with van der Waals surface area (Å²) in [6.45, 7) is 6.35. The van der Waals surface area contributed by atoms with Gasteiger partial charge in [0.15, 0.2) is 0 Å². The molecule has 0 amide bonds. The van der Waals surface area contributed by atoms with E-state index in [9.17, 15) is 0 Å². The van der Waals surface area contributed by atoms with Gasteiger partial charge in [0.1, 0.15) is 5.82 Å². The fourth-order valence-electron chi connectivity index (χ4n) is 2.78. The van der Waals surface area contributed by atoms with Crippen LogP contribution in [0, 0.1) is 0 Å². The van der Waals surface area contributed by atoms with E-state index in [1.807, 2.05) is 6.07 Å². The van der Waals surface area contributed by atoms with E-state index in [4.69, 9.17) is 9.97 Å². The molecular weight excluding hydrogens is 246 g/mol. The van der Waals surface area contributed by atoms with Crippen LogP contribution in [-0.2, 0) is 19.4 Å². The van der Waals surface area contributed by atoms with Crippen LogP contribution >= 0.6 is 0 Å². The van der Waals surface area contributed by atoms with Crippen LogP contribution in [0.4, 0.5) is 0 Å². The second kappa shape index (κ2) is 5.71. The Balaban J connectivity index is 1.97. The van der Waals surface area contributed by atoms with Gasteiger partial charge >= 0.3 is 0 Å². The number of benzene rings is 1. The van der Waals surface area contributed by atoms with Crippen LogP contribution in [-0.4, -0.2) is 16.5 Å². The monoisotopic (exact) mass is 267 g/mol. The molecule has 0 saturated heterocycles. The first kappa shape index (κ1) is 13.3. The third-order valence-corrected chi connectivity index (χ3v) is 3.77. The predicted molar refractivity (Wildman–Crippen MR) is 80.8 cm³/mol. The number of nitrogens with zero attached hydrogens (tertiary/aromatic N) is 2. The van der Waals surface area contributed by atoms with Gasteiger partial charge in [0.25, 0.3) is 0 Å². The van der Waals surface area contributed by atoms with Gasteiger partial charge in [0.05, 0.1) is 11.4 Å². The lowest BCUT2D eigenvalue weighted by atomic mass is 9.97. The minimum atomic E-state index is 0.458. The zero-order valence-electron chi connectivity index (χ0n) is 12.2.